The fourth-order valence-corrected chi connectivity index (χ4v) is 3.13. The van der Waals surface area contributed by atoms with Gasteiger partial charge in [-0.05, 0) is 59.9 Å². The highest BCUT2D eigenvalue weighted by Crippen LogP contribution is 2.37. The average molecular weight is 329 g/mol. The molecule has 23 heavy (non-hydrogen) atoms. The van der Waals surface area contributed by atoms with Crippen molar-refractivity contribution in [2.24, 2.45) is 0 Å². The van der Waals surface area contributed by atoms with Crippen LogP contribution in [0.2, 0.25) is 18.1 Å². The van der Waals surface area contributed by atoms with Gasteiger partial charge < -0.3 is 9.16 Å². The predicted octanol–water partition coefficient (Wildman–Crippen LogP) is 5.67. The van der Waals surface area contributed by atoms with Crippen molar-refractivity contribution in [3.05, 3.63) is 59.7 Å². The second-order valence-corrected chi connectivity index (χ2v) is 12.3. The Kier molecular flexibility index (Phi) is 5.20. The van der Waals surface area contributed by atoms with E-state index < -0.39 is 8.32 Å². The Morgan fingerprint density at radius 1 is 0.783 bits per heavy atom. The van der Waals surface area contributed by atoms with Gasteiger partial charge in [0.15, 0.2) is 0 Å². The second-order valence-electron chi connectivity index (χ2n) is 7.53. The van der Waals surface area contributed by atoms with Crippen molar-refractivity contribution in [1.29, 1.82) is 0 Å². The van der Waals surface area contributed by atoms with E-state index in [4.69, 9.17) is 9.16 Å². The lowest BCUT2D eigenvalue weighted by atomic mass is 10.0. The lowest BCUT2D eigenvalue weighted by molar-refractivity contribution is 0.414. The van der Waals surface area contributed by atoms with Crippen LogP contribution in [0.4, 0.5) is 0 Å². The summed E-state index contributed by atoms with van der Waals surface area (Å²) in [7, 11) is -0.0711. The maximum Gasteiger partial charge on any atom is 0.250 e. The molecule has 0 aromatic heterocycles. The quantitative estimate of drug-likeness (QED) is 0.658. The zero-order valence-electron chi connectivity index (χ0n) is 15.1. The first-order chi connectivity index (χ1) is 10.7. The van der Waals surface area contributed by atoms with Gasteiger partial charge >= 0.3 is 0 Å². The monoisotopic (exact) mass is 328 g/mol. The van der Waals surface area contributed by atoms with Gasteiger partial charge in [0.2, 0.25) is 8.32 Å². The van der Waals surface area contributed by atoms with Crippen LogP contribution in [0.1, 0.15) is 31.9 Å². The molecule has 0 spiro atoms. The first-order valence-electron chi connectivity index (χ1n) is 8.12. The minimum atomic E-state index is -1.76. The van der Waals surface area contributed by atoms with Crippen molar-refractivity contribution in [2.75, 3.05) is 7.11 Å². The maximum atomic E-state index is 6.32. The van der Waals surface area contributed by atoms with E-state index >= 15 is 0 Å². The Labute approximate surface area is 141 Å². The predicted molar refractivity (Wildman–Crippen MR) is 100 cm³/mol. The SMILES string of the molecule is COc1ccc(Cc2ccc(O[Si](C)(C)C(C)(C)C)cc2)cc1. The average Bonchev–Trinajstić information content (AvgIpc) is 2.48. The fraction of sp³-hybridized carbons (Fsp3) is 0.400. The smallest absolute Gasteiger partial charge is 0.250 e. The van der Waals surface area contributed by atoms with Crippen molar-refractivity contribution in [2.45, 2.75) is 45.3 Å². The maximum absolute atomic E-state index is 6.32. The molecule has 2 aromatic carbocycles. The van der Waals surface area contributed by atoms with Gasteiger partial charge in [0.1, 0.15) is 11.5 Å². The minimum Gasteiger partial charge on any atom is -0.544 e. The zero-order chi connectivity index (χ0) is 17.1. The number of ether oxygens (including phenoxy) is 1. The van der Waals surface area contributed by atoms with Gasteiger partial charge in [-0.25, -0.2) is 0 Å². The number of hydrogen-bond donors (Lipinski definition) is 0. The van der Waals surface area contributed by atoms with Gasteiger partial charge in [-0.1, -0.05) is 45.0 Å². The standard InChI is InChI=1S/C20H28O2Si/c1-20(2,3)23(5,6)22-19-13-9-17(10-14-19)15-16-7-11-18(21-4)12-8-16/h7-14H,15H2,1-6H3. The highest BCUT2D eigenvalue weighted by Gasteiger charge is 2.38. The van der Waals surface area contributed by atoms with Crippen LogP contribution < -0.4 is 9.16 Å². The molecule has 3 heteroatoms. The molecule has 0 fully saturated rings. The van der Waals surface area contributed by atoms with Gasteiger partial charge in [0.05, 0.1) is 7.11 Å². The topological polar surface area (TPSA) is 18.5 Å². The molecule has 0 aliphatic rings. The van der Waals surface area contributed by atoms with Crippen LogP contribution in [0.3, 0.4) is 0 Å². The van der Waals surface area contributed by atoms with Crippen LogP contribution in [-0.2, 0) is 6.42 Å². The van der Waals surface area contributed by atoms with E-state index in [2.05, 4.69) is 70.3 Å². The Morgan fingerprint density at radius 3 is 1.61 bits per heavy atom. The normalized spacial score (nSPS) is 12.1. The van der Waals surface area contributed by atoms with E-state index in [1.54, 1.807) is 7.11 Å². The second kappa shape index (κ2) is 6.79. The van der Waals surface area contributed by atoms with Gasteiger partial charge in [0, 0.05) is 0 Å². The van der Waals surface area contributed by atoms with Crippen molar-refractivity contribution >= 4 is 8.32 Å². The van der Waals surface area contributed by atoms with Crippen LogP contribution >= 0.6 is 0 Å². The molecule has 0 amide bonds. The molecule has 0 aliphatic heterocycles. The lowest BCUT2D eigenvalue weighted by Crippen LogP contribution is -2.43. The van der Waals surface area contributed by atoms with Crippen LogP contribution in [0.15, 0.2) is 48.5 Å². The first kappa shape index (κ1) is 17.6. The van der Waals surface area contributed by atoms with Crippen LogP contribution in [-0.4, -0.2) is 15.4 Å². The Bertz CT molecular complexity index is 622. The zero-order valence-corrected chi connectivity index (χ0v) is 16.1. The molecule has 0 N–H and O–H groups in total. The molecule has 124 valence electrons. The summed E-state index contributed by atoms with van der Waals surface area (Å²) in [6.45, 7) is 11.3. The number of methoxy groups -OCH3 is 1. The Balaban J connectivity index is 2.04. The van der Waals surface area contributed by atoms with Gasteiger partial charge in [-0.3, -0.25) is 0 Å². The summed E-state index contributed by atoms with van der Waals surface area (Å²) in [5.74, 6) is 1.88. The summed E-state index contributed by atoms with van der Waals surface area (Å²) in [6, 6.07) is 16.7. The summed E-state index contributed by atoms with van der Waals surface area (Å²) in [6.07, 6.45) is 0.921. The van der Waals surface area contributed by atoms with Crippen molar-refractivity contribution in [3.8, 4) is 11.5 Å². The molecule has 2 nitrogen and oxygen atoms in total. The third-order valence-corrected chi connectivity index (χ3v) is 9.03. The van der Waals surface area contributed by atoms with E-state index in [0.29, 0.717) is 0 Å². The van der Waals surface area contributed by atoms with E-state index in [1.165, 1.54) is 11.1 Å². The third-order valence-electron chi connectivity index (χ3n) is 4.67. The number of rotatable bonds is 5. The molecule has 0 aliphatic carbocycles. The van der Waals surface area contributed by atoms with Crippen LogP contribution in [0.5, 0.6) is 11.5 Å². The van der Waals surface area contributed by atoms with Gasteiger partial charge in [-0.15, -0.1) is 0 Å². The molecule has 0 radical (unpaired) electrons. The summed E-state index contributed by atoms with van der Waals surface area (Å²) < 4.78 is 11.5. The van der Waals surface area contributed by atoms with Crippen molar-refractivity contribution in [1.82, 2.24) is 0 Å². The van der Waals surface area contributed by atoms with Gasteiger partial charge in [-0.2, -0.15) is 0 Å². The van der Waals surface area contributed by atoms with Crippen molar-refractivity contribution < 1.29 is 9.16 Å². The summed E-state index contributed by atoms with van der Waals surface area (Å²) >= 11 is 0. The Morgan fingerprint density at radius 2 is 1.22 bits per heavy atom. The lowest BCUT2D eigenvalue weighted by Gasteiger charge is -2.36. The molecule has 0 saturated carbocycles. The molecule has 0 bridgehead atoms. The molecule has 0 heterocycles. The van der Waals surface area contributed by atoms with E-state index in [9.17, 15) is 0 Å². The first-order valence-corrected chi connectivity index (χ1v) is 11.0. The van der Waals surface area contributed by atoms with E-state index in [-0.39, 0.29) is 5.04 Å². The number of benzene rings is 2. The van der Waals surface area contributed by atoms with Crippen molar-refractivity contribution in [3.63, 3.8) is 0 Å². The molecule has 2 rings (SSSR count). The highest BCUT2D eigenvalue weighted by molar-refractivity contribution is 6.74. The van der Waals surface area contributed by atoms with Crippen LogP contribution in [0, 0.1) is 0 Å². The van der Waals surface area contributed by atoms with Gasteiger partial charge in [0.25, 0.3) is 0 Å². The summed E-state index contributed by atoms with van der Waals surface area (Å²) in [4.78, 5) is 0. The molecule has 2 aromatic rings. The molecular weight excluding hydrogens is 300 g/mol. The molecule has 0 unspecified atom stereocenters. The van der Waals surface area contributed by atoms with Crippen LogP contribution in [0.25, 0.3) is 0 Å². The largest absolute Gasteiger partial charge is 0.544 e. The summed E-state index contributed by atoms with van der Waals surface area (Å²) in [5, 5.41) is 0.217. The van der Waals surface area contributed by atoms with E-state index in [0.717, 1.165) is 17.9 Å². The highest BCUT2D eigenvalue weighted by atomic mass is 28.4. The minimum absolute atomic E-state index is 0.217. The Hall–Kier alpha value is -1.74. The fourth-order valence-electron chi connectivity index (χ4n) is 2.10. The third kappa shape index (κ3) is 4.61. The summed E-state index contributed by atoms with van der Waals surface area (Å²) in [5.41, 5.74) is 2.57. The molecule has 0 saturated heterocycles. The molecule has 0 atom stereocenters. The number of hydrogen-bond acceptors (Lipinski definition) is 2. The van der Waals surface area contributed by atoms with E-state index in [1.807, 2.05) is 12.1 Å². The molecular formula is C20H28O2Si.